The topological polar surface area (TPSA) is 58.2 Å². The molecule has 2 amide bonds. The molecule has 0 atom stereocenters. The molecule has 7 heteroatoms. The van der Waals surface area contributed by atoms with Crippen LogP contribution in [0, 0.1) is 0 Å². The van der Waals surface area contributed by atoms with Crippen molar-refractivity contribution in [2.75, 3.05) is 13.1 Å². The minimum atomic E-state index is 0.00694. The number of carbonyl (C=O) groups excluding carboxylic acids is 2. The molecule has 0 saturated carbocycles. The van der Waals surface area contributed by atoms with Crippen LogP contribution in [0.2, 0.25) is 0 Å². The molecule has 2 heterocycles. The second-order valence-corrected chi connectivity index (χ2v) is 4.91. The zero-order chi connectivity index (χ0) is 11.5. The molecular weight excluding hydrogens is 282 g/mol. The van der Waals surface area contributed by atoms with Gasteiger partial charge in [-0.15, -0.1) is 0 Å². The third-order valence-electron chi connectivity index (χ3n) is 1.81. The zero-order valence-electron chi connectivity index (χ0n) is 8.19. The Morgan fingerprint density at radius 1 is 0.933 bits per heavy atom. The molecule has 2 fully saturated rings. The summed E-state index contributed by atoms with van der Waals surface area (Å²) in [6.07, 6.45) is 3.53. The maximum atomic E-state index is 10.1. The molecule has 0 aromatic carbocycles. The summed E-state index contributed by atoms with van der Waals surface area (Å²) in [7, 11) is 9.59. The first-order valence-electron chi connectivity index (χ1n) is 4.61. The van der Waals surface area contributed by atoms with Crippen LogP contribution in [0.4, 0.5) is 0 Å². The van der Waals surface area contributed by atoms with Gasteiger partial charge in [0.2, 0.25) is 11.8 Å². The van der Waals surface area contributed by atoms with Crippen molar-refractivity contribution < 1.29 is 22.7 Å². The molecule has 89 valence electrons. The summed E-state index contributed by atoms with van der Waals surface area (Å²) in [6, 6.07) is 0. The van der Waals surface area contributed by atoms with Crippen LogP contribution in [0.25, 0.3) is 0 Å². The van der Waals surface area contributed by atoms with E-state index < -0.39 is 0 Å². The van der Waals surface area contributed by atoms with Crippen LogP contribution >= 0.6 is 20.2 Å². The molecule has 2 saturated heterocycles. The number of rotatable bonds is 0. The van der Waals surface area contributed by atoms with Crippen LogP contribution < -0.4 is 10.6 Å². The molecule has 2 aliphatic heterocycles. The van der Waals surface area contributed by atoms with Gasteiger partial charge in [-0.2, -0.15) is 0 Å². The Morgan fingerprint density at radius 3 is 1.33 bits per heavy atom. The first-order chi connectivity index (χ1) is 7.20. The third kappa shape index (κ3) is 10.3. The second-order valence-electron chi connectivity index (χ2n) is 2.96. The van der Waals surface area contributed by atoms with E-state index in [2.05, 4.69) is 10.6 Å². The van der Waals surface area contributed by atoms with E-state index >= 15 is 0 Å². The predicted molar refractivity (Wildman–Crippen MR) is 56.2 cm³/mol. The number of nitrogens with one attached hydrogen (secondary N) is 2. The van der Waals surface area contributed by atoms with Gasteiger partial charge in [-0.1, -0.05) is 0 Å². The number of hydrogen-bond donors (Lipinski definition) is 2. The van der Waals surface area contributed by atoms with Gasteiger partial charge >= 0.3 is 33.3 Å². The Morgan fingerprint density at radius 2 is 1.27 bits per heavy atom. The normalized spacial score (nSPS) is 18.0. The molecule has 2 aliphatic rings. The van der Waals surface area contributed by atoms with E-state index in [1.54, 1.807) is 0 Å². The first-order valence-corrected chi connectivity index (χ1v) is 7.86. The molecule has 0 aromatic heterocycles. The van der Waals surface area contributed by atoms with Gasteiger partial charge in [0.1, 0.15) is 0 Å². The number of carbonyl (C=O) groups is 2. The molecule has 0 bridgehead atoms. The molecule has 15 heavy (non-hydrogen) atoms. The Kier molecular flexibility index (Phi) is 10.6. The number of hydrogen-bond acceptors (Lipinski definition) is 2. The predicted octanol–water partition coefficient (Wildman–Crippen LogP) is 1.17. The Hall–Kier alpha value is 0.0395. The van der Waals surface area contributed by atoms with Crippen molar-refractivity contribution in [3.05, 3.63) is 0 Å². The van der Waals surface area contributed by atoms with Crippen LogP contribution in [-0.4, -0.2) is 24.9 Å². The summed E-state index contributed by atoms with van der Waals surface area (Å²) < 4.78 is 0. The fraction of sp³-hybridized carbons (Fsp3) is 0.750. The van der Waals surface area contributed by atoms with Crippen LogP contribution in [-0.2, 0) is 22.7 Å². The third-order valence-corrected chi connectivity index (χ3v) is 1.81. The van der Waals surface area contributed by atoms with Crippen molar-refractivity contribution in [2.24, 2.45) is 0 Å². The standard InChI is InChI=1S/2C4H7NO.2ClH.Mn/c2*6-4-2-1-3-5-4;;;/h2*1-3H2,(H,5,6);2*1H;/q;;;;+2/p-2. The van der Waals surface area contributed by atoms with E-state index in [1.807, 2.05) is 0 Å². The monoisotopic (exact) mass is 295 g/mol. The summed E-state index contributed by atoms with van der Waals surface area (Å²) in [6.45, 7) is 1.78. The fourth-order valence-electron chi connectivity index (χ4n) is 1.13. The SMILES string of the molecule is O=C1CCCN1.O=C1CCCN1.[Cl][Mn][Cl]. The average Bonchev–Trinajstić information content (AvgIpc) is 2.81. The van der Waals surface area contributed by atoms with E-state index in [1.165, 1.54) is 0 Å². The Balaban J connectivity index is 0.000000210. The Labute approximate surface area is 104 Å². The van der Waals surface area contributed by atoms with Crippen LogP contribution in [0.15, 0.2) is 0 Å². The van der Waals surface area contributed by atoms with Crippen LogP contribution in [0.1, 0.15) is 25.7 Å². The Bertz CT molecular complexity index is 169. The van der Waals surface area contributed by atoms with Crippen molar-refractivity contribution in [3.63, 3.8) is 0 Å². The van der Waals surface area contributed by atoms with Crippen molar-refractivity contribution in [3.8, 4) is 0 Å². The fourth-order valence-corrected chi connectivity index (χ4v) is 1.13. The van der Waals surface area contributed by atoms with Gasteiger partial charge in [0.25, 0.3) is 0 Å². The molecule has 0 aromatic rings. The van der Waals surface area contributed by atoms with Gasteiger partial charge in [-0.25, -0.2) is 0 Å². The van der Waals surface area contributed by atoms with Gasteiger partial charge in [-0.05, 0) is 12.8 Å². The van der Waals surface area contributed by atoms with Crippen LogP contribution in [0.3, 0.4) is 0 Å². The van der Waals surface area contributed by atoms with Gasteiger partial charge < -0.3 is 10.6 Å². The number of amides is 2. The molecule has 2 rings (SSSR count). The molecular formula is C8H14Cl2MnN2O2. The van der Waals surface area contributed by atoms with Crippen molar-refractivity contribution in [1.29, 1.82) is 0 Å². The van der Waals surface area contributed by atoms with Gasteiger partial charge in [-0.3, -0.25) is 9.59 Å². The molecule has 0 radical (unpaired) electrons. The summed E-state index contributed by atoms with van der Waals surface area (Å²) in [4.78, 5) is 20.3. The average molecular weight is 296 g/mol. The maximum absolute atomic E-state index is 10.1. The molecule has 2 N–H and O–H groups in total. The van der Waals surface area contributed by atoms with Gasteiger partial charge in [0.15, 0.2) is 0 Å². The summed E-state index contributed by atoms with van der Waals surface area (Å²) >= 11 is 0.00694. The molecule has 0 unspecified atom stereocenters. The first kappa shape index (κ1) is 15.0. The molecule has 0 spiro atoms. The van der Waals surface area contributed by atoms with E-state index in [4.69, 9.17) is 20.2 Å². The molecule has 4 nitrogen and oxygen atoms in total. The minimum absolute atomic E-state index is 0.00694. The van der Waals surface area contributed by atoms with Gasteiger partial charge in [0, 0.05) is 25.9 Å². The zero-order valence-corrected chi connectivity index (χ0v) is 10.9. The summed E-state index contributed by atoms with van der Waals surface area (Å²) in [5.74, 6) is 0.407. The van der Waals surface area contributed by atoms with Crippen LogP contribution in [0.5, 0.6) is 0 Å². The van der Waals surface area contributed by atoms with E-state index in [-0.39, 0.29) is 24.9 Å². The summed E-state index contributed by atoms with van der Waals surface area (Å²) in [5, 5.41) is 5.36. The van der Waals surface area contributed by atoms with Gasteiger partial charge in [0.05, 0.1) is 0 Å². The quantitative estimate of drug-likeness (QED) is 0.659. The summed E-state index contributed by atoms with van der Waals surface area (Å²) in [5.41, 5.74) is 0. The van der Waals surface area contributed by atoms with Crippen molar-refractivity contribution in [1.82, 2.24) is 10.6 Å². The molecule has 0 aliphatic carbocycles. The van der Waals surface area contributed by atoms with Crippen molar-refractivity contribution >= 4 is 32.0 Å². The van der Waals surface area contributed by atoms with E-state index in [9.17, 15) is 9.59 Å². The second kappa shape index (κ2) is 10.6. The number of halogens is 2. The van der Waals surface area contributed by atoms with E-state index in [0.717, 1.165) is 38.8 Å². The van der Waals surface area contributed by atoms with E-state index in [0.29, 0.717) is 0 Å². The van der Waals surface area contributed by atoms with Crippen molar-refractivity contribution in [2.45, 2.75) is 25.7 Å².